The zero-order valence-corrected chi connectivity index (χ0v) is 15.7. The third-order valence-electron chi connectivity index (χ3n) is 4.17. The van der Waals surface area contributed by atoms with Crippen LogP contribution < -0.4 is 4.90 Å². The number of carbonyl (C=O) groups is 2. The molecule has 1 unspecified atom stereocenters. The van der Waals surface area contributed by atoms with E-state index in [0.29, 0.717) is 12.1 Å². The van der Waals surface area contributed by atoms with Crippen molar-refractivity contribution in [3.8, 4) is 0 Å². The van der Waals surface area contributed by atoms with Crippen molar-refractivity contribution in [3.05, 3.63) is 29.8 Å². The molecule has 6 nitrogen and oxygen atoms in total. The standard InChI is InChI=1S/C19H28N2O4/c1-14-12-21(16-8-6-15(7-9-16)18(23)24-5)11-10-20(14)13-17(22)25-19(2,3)4/h6-9,14H,10-13H2,1-5H3. The first-order chi connectivity index (χ1) is 11.7. The van der Waals surface area contributed by atoms with Gasteiger partial charge in [0, 0.05) is 31.4 Å². The highest BCUT2D eigenvalue weighted by atomic mass is 16.6. The van der Waals surface area contributed by atoms with E-state index in [9.17, 15) is 9.59 Å². The first-order valence-corrected chi connectivity index (χ1v) is 8.59. The highest BCUT2D eigenvalue weighted by Crippen LogP contribution is 2.20. The monoisotopic (exact) mass is 348 g/mol. The van der Waals surface area contributed by atoms with Crippen molar-refractivity contribution < 1.29 is 19.1 Å². The van der Waals surface area contributed by atoms with E-state index in [0.717, 1.165) is 25.3 Å². The van der Waals surface area contributed by atoms with Crippen LogP contribution in [0.25, 0.3) is 0 Å². The van der Waals surface area contributed by atoms with Crippen molar-refractivity contribution in [2.45, 2.75) is 39.3 Å². The van der Waals surface area contributed by atoms with Gasteiger partial charge >= 0.3 is 11.9 Å². The number of methoxy groups -OCH3 is 1. The van der Waals surface area contributed by atoms with Crippen LogP contribution in [0.15, 0.2) is 24.3 Å². The second kappa shape index (κ2) is 7.87. The predicted octanol–water partition coefficient (Wildman–Crippen LogP) is 2.33. The highest BCUT2D eigenvalue weighted by Gasteiger charge is 2.27. The third-order valence-corrected chi connectivity index (χ3v) is 4.17. The Morgan fingerprint density at radius 1 is 1.16 bits per heavy atom. The molecule has 1 aromatic carbocycles. The number of hydrogen-bond acceptors (Lipinski definition) is 6. The molecule has 1 aliphatic rings. The Bertz CT molecular complexity index is 607. The SMILES string of the molecule is COC(=O)c1ccc(N2CCN(CC(=O)OC(C)(C)C)C(C)C2)cc1. The number of ether oxygens (including phenoxy) is 2. The molecule has 1 atom stereocenters. The van der Waals surface area contributed by atoms with E-state index in [1.165, 1.54) is 7.11 Å². The summed E-state index contributed by atoms with van der Waals surface area (Å²) in [6.45, 7) is 10.5. The number of nitrogens with zero attached hydrogens (tertiary/aromatic N) is 2. The summed E-state index contributed by atoms with van der Waals surface area (Å²) in [7, 11) is 1.38. The summed E-state index contributed by atoms with van der Waals surface area (Å²) < 4.78 is 10.1. The van der Waals surface area contributed by atoms with Gasteiger partial charge in [0.05, 0.1) is 19.2 Å². The van der Waals surface area contributed by atoms with E-state index in [-0.39, 0.29) is 18.0 Å². The number of hydrogen-bond donors (Lipinski definition) is 0. The molecule has 0 radical (unpaired) electrons. The van der Waals surface area contributed by atoms with E-state index in [1.54, 1.807) is 12.1 Å². The number of carbonyl (C=O) groups excluding carboxylic acids is 2. The summed E-state index contributed by atoms with van der Waals surface area (Å²) in [5.41, 5.74) is 1.16. The van der Waals surface area contributed by atoms with Gasteiger partial charge in [-0.25, -0.2) is 4.79 Å². The molecule has 0 amide bonds. The minimum Gasteiger partial charge on any atom is -0.465 e. The average Bonchev–Trinajstić information content (AvgIpc) is 2.54. The molecule has 1 aromatic rings. The Hall–Kier alpha value is -2.08. The molecule has 6 heteroatoms. The Morgan fingerprint density at radius 3 is 2.32 bits per heavy atom. The van der Waals surface area contributed by atoms with Gasteiger partial charge in [-0.2, -0.15) is 0 Å². The lowest BCUT2D eigenvalue weighted by atomic mass is 10.1. The minimum atomic E-state index is -0.455. The summed E-state index contributed by atoms with van der Waals surface area (Å²) >= 11 is 0. The second-order valence-electron chi connectivity index (χ2n) is 7.39. The summed E-state index contributed by atoms with van der Waals surface area (Å²) in [6.07, 6.45) is 0. The maximum Gasteiger partial charge on any atom is 0.337 e. The van der Waals surface area contributed by atoms with Gasteiger partial charge in [0.15, 0.2) is 0 Å². The fourth-order valence-corrected chi connectivity index (χ4v) is 2.93. The van der Waals surface area contributed by atoms with Crippen LogP contribution in [0, 0.1) is 0 Å². The van der Waals surface area contributed by atoms with Crippen LogP contribution >= 0.6 is 0 Å². The summed E-state index contributed by atoms with van der Waals surface area (Å²) in [5, 5.41) is 0. The Kier molecular flexibility index (Phi) is 6.06. The van der Waals surface area contributed by atoms with Crippen molar-refractivity contribution in [3.63, 3.8) is 0 Å². The minimum absolute atomic E-state index is 0.185. The molecule has 0 bridgehead atoms. The third kappa shape index (κ3) is 5.46. The number of anilines is 1. The lowest BCUT2D eigenvalue weighted by Gasteiger charge is -2.40. The van der Waals surface area contributed by atoms with Gasteiger partial charge in [0.2, 0.25) is 0 Å². The van der Waals surface area contributed by atoms with Gasteiger partial charge in [-0.3, -0.25) is 9.69 Å². The largest absolute Gasteiger partial charge is 0.465 e. The van der Waals surface area contributed by atoms with Crippen molar-refractivity contribution in [1.82, 2.24) is 4.90 Å². The first kappa shape index (κ1) is 19.2. The molecule has 25 heavy (non-hydrogen) atoms. The topological polar surface area (TPSA) is 59.1 Å². The zero-order valence-electron chi connectivity index (χ0n) is 15.7. The molecule has 138 valence electrons. The van der Waals surface area contributed by atoms with Crippen LogP contribution in [0.2, 0.25) is 0 Å². The van der Waals surface area contributed by atoms with Crippen LogP contribution in [0.3, 0.4) is 0 Å². The van der Waals surface area contributed by atoms with E-state index in [2.05, 4.69) is 16.7 Å². The number of piperazine rings is 1. The molecular formula is C19H28N2O4. The molecular weight excluding hydrogens is 320 g/mol. The average molecular weight is 348 g/mol. The van der Waals surface area contributed by atoms with E-state index < -0.39 is 5.60 Å². The molecule has 1 heterocycles. The highest BCUT2D eigenvalue weighted by molar-refractivity contribution is 5.89. The molecule has 2 rings (SSSR count). The maximum absolute atomic E-state index is 12.0. The molecule has 1 fully saturated rings. The molecule has 0 spiro atoms. The van der Waals surface area contributed by atoms with Crippen molar-refractivity contribution >= 4 is 17.6 Å². The molecule has 0 N–H and O–H groups in total. The molecule has 1 aliphatic heterocycles. The lowest BCUT2D eigenvalue weighted by molar-refractivity contribution is -0.156. The Labute approximate surface area is 149 Å². The molecule has 0 aliphatic carbocycles. The molecule has 1 saturated heterocycles. The van der Waals surface area contributed by atoms with E-state index >= 15 is 0 Å². The summed E-state index contributed by atoms with van der Waals surface area (Å²) in [5.74, 6) is -0.516. The van der Waals surface area contributed by atoms with Gasteiger partial charge in [0.1, 0.15) is 5.60 Å². The van der Waals surface area contributed by atoms with Crippen LogP contribution in [-0.2, 0) is 14.3 Å². The van der Waals surface area contributed by atoms with E-state index in [1.807, 2.05) is 32.9 Å². The predicted molar refractivity (Wildman–Crippen MR) is 96.9 cm³/mol. The van der Waals surface area contributed by atoms with Crippen LogP contribution in [0.4, 0.5) is 5.69 Å². The first-order valence-electron chi connectivity index (χ1n) is 8.59. The second-order valence-corrected chi connectivity index (χ2v) is 7.39. The van der Waals surface area contributed by atoms with Crippen LogP contribution in [-0.4, -0.2) is 61.8 Å². The van der Waals surface area contributed by atoms with Gasteiger partial charge in [-0.1, -0.05) is 0 Å². The normalized spacial score (nSPS) is 18.8. The number of esters is 2. The number of rotatable bonds is 4. The Morgan fingerprint density at radius 2 is 1.80 bits per heavy atom. The van der Waals surface area contributed by atoms with Gasteiger partial charge in [-0.05, 0) is 52.0 Å². The smallest absolute Gasteiger partial charge is 0.337 e. The quantitative estimate of drug-likeness (QED) is 0.779. The summed E-state index contributed by atoms with van der Waals surface area (Å²) in [4.78, 5) is 28.0. The molecule has 0 saturated carbocycles. The van der Waals surface area contributed by atoms with Gasteiger partial charge in [-0.15, -0.1) is 0 Å². The molecule has 0 aromatic heterocycles. The lowest BCUT2D eigenvalue weighted by Crippen LogP contribution is -2.53. The summed E-state index contributed by atoms with van der Waals surface area (Å²) in [6, 6.07) is 7.66. The zero-order chi connectivity index (χ0) is 18.6. The fraction of sp³-hybridized carbons (Fsp3) is 0.579. The maximum atomic E-state index is 12.0. The fourth-order valence-electron chi connectivity index (χ4n) is 2.93. The van der Waals surface area contributed by atoms with Crippen molar-refractivity contribution in [2.75, 3.05) is 38.2 Å². The van der Waals surface area contributed by atoms with E-state index in [4.69, 9.17) is 9.47 Å². The van der Waals surface area contributed by atoms with Crippen LogP contribution in [0.5, 0.6) is 0 Å². The van der Waals surface area contributed by atoms with Crippen molar-refractivity contribution in [2.24, 2.45) is 0 Å². The number of benzene rings is 1. The van der Waals surface area contributed by atoms with Gasteiger partial charge < -0.3 is 14.4 Å². The Balaban J connectivity index is 1.92. The van der Waals surface area contributed by atoms with Crippen molar-refractivity contribution in [1.29, 1.82) is 0 Å². The van der Waals surface area contributed by atoms with Crippen LogP contribution in [0.1, 0.15) is 38.1 Å². The van der Waals surface area contributed by atoms with Gasteiger partial charge in [0.25, 0.3) is 0 Å².